The van der Waals surface area contributed by atoms with Gasteiger partial charge in [0.1, 0.15) is 0 Å². The number of hydrogen-bond donors (Lipinski definition) is 1. The second kappa shape index (κ2) is 6.05. The number of non-ortho nitro benzene ring substituents is 2. The van der Waals surface area contributed by atoms with Crippen molar-refractivity contribution in [3.05, 3.63) is 44.3 Å². The van der Waals surface area contributed by atoms with E-state index in [0.717, 1.165) is 18.2 Å². The van der Waals surface area contributed by atoms with Crippen molar-refractivity contribution >= 4 is 11.4 Å². The van der Waals surface area contributed by atoms with Gasteiger partial charge in [0.15, 0.2) is 0 Å². The number of benzene rings is 1. The summed E-state index contributed by atoms with van der Waals surface area (Å²) in [6, 6.07) is 3.19. The van der Waals surface area contributed by atoms with E-state index in [0.29, 0.717) is 25.3 Å². The van der Waals surface area contributed by atoms with E-state index in [1.165, 1.54) is 0 Å². The molecular formula is C11H11N5O5. The van der Waals surface area contributed by atoms with Crippen LogP contribution in [0, 0.1) is 20.2 Å². The third-order valence-electron chi connectivity index (χ3n) is 2.65. The van der Waals surface area contributed by atoms with E-state index >= 15 is 0 Å². The molecule has 110 valence electrons. The summed E-state index contributed by atoms with van der Waals surface area (Å²) in [5.41, 5.74) is 4.69. The maximum absolute atomic E-state index is 10.8. The Kier molecular flexibility index (Phi) is 4.18. The molecule has 0 aliphatic rings. The van der Waals surface area contributed by atoms with Crippen LogP contribution in [0.3, 0.4) is 0 Å². The molecule has 1 aromatic heterocycles. The van der Waals surface area contributed by atoms with Crippen molar-refractivity contribution in [2.45, 2.75) is 12.8 Å². The van der Waals surface area contributed by atoms with Crippen molar-refractivity contribution in [2.24, 2.45) is 5.73 Å². The molecule has 1 aromatic carbocycles. The number of nitrogens with zero attached hydrogens (tertiary/aromatic N) is 4. The second-order valence-corrected chi connectivity index (χ2v) is 4.16. The number of nitrogens with two attached hydrogens (primary N) is 1. The van der Waals surface area contributed by atoms with Gasteiger partial charge in [0.25, 0.3) is 11.4 Å². The predicted octanol–water partition coefficient (Wildman–Crippen LogP) is 1.44. The minimum absolute atomic E-state index is 0.0637. The zero-order valence-corrected chi connectivity index (χ0v) is 10.8. The third-order valence-corrected chi connectivity index (χ3v) is 2.65. The van der Waals surface area contributed by atoms with Crippen molar-refractivity contribution in [2.75, 3.05) is 6.54 Å². The molecule has 2 aromatic rings. The highest BCUT2D eigenvalue weighted by Gasteiger charge is 2.19. The van der Waals surface area contributed by atoms with Crippen molar-refractivity contribution in [3.63, 3.8) is 0 Å². The second-order valence-electron chi connectivity index (χ2n) is 4.16. The van der Waals surface area contributed by atoms with Crippen molar-refractivity contribution in [3.8, 4) is 11.4 Å². The summed E-state index contributed by atoms with van der Waals surface area (Å²) in [4.78, 5) is 24.2. The van der Waals surface area contributed by atoms with Gasteiger partial charge < -0.3 is 10.3 Å². The highest BCUT2D eigenvalue weighted by Crippen LogP contribution is 2.28. The van der Waals surface area contributed by atoms with Gasteiger partial charge in [-0.1, -0.05) is 5.16 Å². The maximum Gasteiger partial charge on any atom is 0.277 e. The summed E-state index contributed by atoms with van der Waals surface area (Å²) in [5.74, 6) is 0.387. The fourth-order valence-corrected chi connectivity index (χ4v) is 1.66. The summed E-state index contributed by atoms with van der Waals surface area (Å²) in [6.07, 6.45) is 1.12. The van der Waals surface area contributed by atoms with E-state index in [4.69, 9.17) is 10.3 Å². The lowest BCUT2D eigenvalue weighted by Crippen LogP contribution is -2.00. The van der Waals surface area contributed by atoms with Crippen LogP contribution in [0.1, 0.15) is 12.3 Å². The Morgan fingerprint density at radius 3 is 2.29 bits per heavy atom. The van der Waals surface area contributed by atoms with Crippen LogP contribution in [0.4, 0.5) is 11.4 Å². The Labute approximate surface area is 117 Å². The van der Waals surface area contributed by atoms with Crippen LogP contribution >= 0.6 is 0 Å². The lowest BCUT2D eigenvalue weighted by molar-refractivity contribution is -0.394. The third kappa shape index (κ3) is 3.36. The first kappa shape index (κ1) is 14.5. The lowest BCUT2D eigenvalue weighted by atomic mass is 10.1. The molecule has 0 aliphatic heterocycles. The first-order chi connectivity index (χ1) is 10.0. The van der Waals surface area contributed by atoms with Gasteiger partial charge in [0.05, 0.1) is 15.9 Å². The molecule has 0 spiro atoms. The Bertz CT molecular complexity index is 651. The molecule has 0 bridgehead atoms. The quantitative estimate of drug-likeness (QED) is 0.620. The van der Waals surface area contributed by atoms with Crippen LogP contribution in [0.25, 0.3) is 11.4 Å². The van der Waals surface area contributed by atoms with Gasteiger partial charge in [-0.3, -0.25) is 20.2 Å². The molecule has 2 rings (SSSR count). The molecule has 0 amide bonds. The SMILES string of the molecule is NCCCc1nc(-c2cc([N+](=O)[O-])cc([N+](=O)[O-])c2)no1. The number of nitro groups is 2. The normalized spacial score (nSPS) is 10.5. The van der Waals surface area contributed by atoms with Crippen molar-refractivity contribution < 1.29 is 14.4 Å². The number of aromatic nitrogens is 2. The van der Waals surface area contributed by atoms with Gasteiger partial charge in [0.2, 0.25) is 11.7 Å². The van der Waals surface area contributed by atoms with Crippen LogP contribution in [0.5, 0.6) is 0 Å². The first-order valence-corrected chi connectivity index (χ1v) is 5.98. The zero-order chi connectivity index (χ0) is 15.4. The van der Waals surface area contributed by atoms with Crippen LogP contribution in [-0.2, 0) is 6.42 Å². The molecule has 0 unspecified atom stereocenters. The van der Waals surface area contributed by atoms with Crippen LogP contribution in [0.15, 0.2) is 22.7 Å². The summed E-state index contributed by atoms with van der Waals surface area (Å²) < 4.78 is 4.97. The minimum Gasteiger partial charge on any atom is -0.339 e. The van der Waals surface area contributed by atoms with Gasteiger partial charge >= 0.3 is 0 Å². The molecule has 21 heavy (non-hydrogen) atoms. The average Bonchev–Trinajstić information content (AvgIpc) is 2.93. The topological polar surface area (TPSA) is 151 Å². The predicted molar refractivity (Wildman–Crippen MR) is 70.4 cm³/mol. The monoisotopic (exact) mass is 293 g/mol. The smallest absolute Gasteiger partial charge is 0.277 e. The maximum atomic E-state index is 10.8. The Morgan fingerprint density at radius 2 is 1.76 bits per heavy atom. The Morgan fingerprint density at radius 1 is 1.14 bits per heavy atom. The molecule has 0 saturated heterocycles. The standard InChI is InChI=1S/C11H11N5O5/c12-3-1-2-10-13-11(14-21-10)7-4-8(15(17)18)6-9(5-7)16(19)20/h4-6H,1-3,12H2. The molecule has 10 nitrogen and oxygen atoms in total. The highest BCUT2D eigenvalue weighted by molar-refractivity contribution is 5.64. The molecule has 2 N–H and O–H groups in total. The summed E-state index contributed by atoms with van der Waals surface area (Å²) in [6.45, 7) is 0.458. The van der Waals surface area contributed by atoms with E-state index in [-0.39, 0.29) is 11.4 Å². The summed E-state index contributed by atoms with van der Waals surface area (Å²) in [7, 11) is 0. The highest BCUT2D eigenvalue weighted by atomic mass is 16.6. The molecule has 0 fully saturated rings. The molecule has 0 radical (unpaired) electrons. The summed E-state index contributed by atoms with van der Waals surface area (Å²) in [5, 5.41) is 25.3. The zero-order valence-electron chi connectivity index (χ0n) is 10.8. The van der Waals surface area contributed by atoms with Gasteiger partial charge in [-0.15, -0.1) is 0 Å². The minimum atomic E-state index is -0.716. The summed E-state index contributed by atoms with van der Waals surface area (Å²) >= 11 is 0. The molecule has 1 heterocycles. The van der Waals surface area contributed by atoms with E-state index in [2.05, 4.69) is 10.1 Å². The number of rotatable bonds is 6. The van der Waals surface area contributed by atoms with E-state index in [9.17, 15) is 20.2 Å². The Hall–Kier alpha value is -2.88. The first-order valence-electron chi connectivity index (χ1n) is 5.98. The number of aryl methyl sites for hydroxylation is 1. The molecule has 10 heteroatoms. The van der Waals surface area contributed by atoms with Crippen molar-refractivity contribution in [1.29, 1.82) is 0 Å². The number of hydrogen-bond acceptors (Lipinski definition) is 8. The largest absolute Gasteiger partial charge is 0.339 e. The Balaban J connectivity index is 2.40. The van der Waals surface area contributed by atoms with Gasteiger partial charge in [-0.25, -0.2) is 0 Å². The van der Waals surface area contributed by atoms with Crippen molar-refractivity contribution in [1.82, 2.24) is 10.1 Å². The van der Waals surface area contributed by atoms with E-state index in [1.54, 1.807) is 0 Å². The average molecular weight is 293 g/mol. The van der Waals surface area contributed by atoms with Gasteiger partial charge in [0, 0.05) is 24.1 Å². The van der Waals surface area contributed by atoms with Crippen LogP contribution < -0.4 is 5.73 Å². The van der Waals surface area contributed by atoms with E-state index < -0.39 is 21.2 Å². The molecule has 0 aliphatic carbocycles. The van der Waals surface area contributed by atoms with Crippen LogP contribution in [0.2, 0.25) is 0 Å². The van der Waals surface area contributed by atoms with Crippen LogP contribution in [-0.4, -0.2) is 26.5 Å². The fourth-order valence-electron chi connectivity index (χ4n) is 1.66. The number of nitro benzene ring substituents is 2. The van der Waals surface area contributed by atoms with Gasteiger partial charge in [-0.2, -0.15) is 4.98 Å². The van der Waals surface area contributed by atoms with Gasteiger partial charge in [-0.05, 0) is 13.0 Å². The van der Waals surface area contributed by atoms with E-state index in [1.807, 2.05) is 0 Å². The molecular weight excluding hydrogens is 282 g/mol. The fraction of sp³-hybridized carbons (Fsp3) is 0.273. The molecule has 0 saturated carbocycles. The molecule has 0 atom stereocenters. The lowest BCUT2D eigenvalue weighted by Gasteiger charge is -1.97.